The smallest absolute Gasteiger partial charge is 0.238 e. The van der Waals surface area contributed by atoms with Gasteiger partial charge >= 0.3 is 0 Å². The first kappa shape index (κ1) is 17.6. The summed E-state index contributed by atoms with van der Waals surface area (Å²) in [5, 5.41) is 11.7. The first-order valence-electron chi connectivity index (χ1n) is 8.15. The van der Waals surface area contributed by atoms with Crippen LogP contribution in [0.3, 0.4) is 0 Å². The van der Waals surface area contributed by atoms with Crippen molar-refractivity contribution in [1.29, 1.82) is 0 Å². The van der Waals surface area contributed by atoms with Crippen molar-refractivity contribution in [2.24, 2.45) is 0 Å². The minimum Gasteiger partial charge on any atom is -0.300 e. The number of benzene rings is 2. The summed E-state index contributed by atoms with van der Waals surface area (Å²) in [7, 11) is 0. The quantitative estimate of drug-likeness (QED) is 0.480. The molecule has 25 heavy (non-hydrogen) atoms. The van der Waals surface area contributed by atoms with Gasteiger partial charge in [-0.3, -0.25) is 10.1 Å². The van der Waals surface area contributed by atoms with Gasteiger partial charge in [0.1, 0.15) is 0 Å². The first-order valence-corrected chi connectivity index (χ1v) is 9.95. The molecule has 0 saturated carbocycles. The zero-order valence-corrected chi connectivity index (χ0v) is 15.5. The molecule has 6 heteroatoms. The van der Waals surface area contributed by atoms with Crippen LogP contribution in [0.25, 0.3) is 0 Å². The van der Waals surface area contributed by atoms with Crippen molar-refractivity contribution < 1.29 is 4.79 Å². The molecule has 0 spiro atoms. The lowest BCUT2D eigenvalue weighted by molar-refractivity contribution is -0.116. The number of nitrogens with zero attached hydrogens (tertiary/aromatic N) is 2. The molecule has 0 bridgehead atoms. The minimum atomic E-state index is -0.377. The van der Waals surface area contributed by atoms with E-state index >= 15 is 0 Å². The maximum Gasteiger partial charge on any atom is 0.238 e. The second kappa shape index (κ2) is 8.78. The molecule has 0 aliphatic carbocycles. The molecule has 0 radical (unpaired) electrons. The molecule has 1 amide bonds. The Morgan fingerprint density at radius 2 is 1.64 bits per heavy atom. The predicted molar refractivity (Wildman–Crippen MR) is 104 cm³/mol. The van der Waals surface area contributed by atoms with Crippen molar-refractivity contribution in [3.8, 4) is 0 Å². The Morgan fingerprint density at radius 3 is 2.20 bits per heavy atom. The number of nitrogens with one attached hydrogen (secondary N) is 1. The lowest BCUT2D eigenvalue weighted by atomic mass is 9.90. The lowest BCUT2D eigenvalue weighted by Crippen LogP contribution is -2.22. The Balaban J connectivity index is 1.81. The second-order valence-electron chi connectivity index (χ2n) is 5.47. The number of amides is 1. The van der Waals surface area contributed by atoms with E-state index in [1.54, 1.807) is 11.8 Å². The van der Waals surface area contributed by atoms with Gasteiger partial charge in [-0.25, -0.2) is 0 Å². The van der Waals surface area contributed by atoms with Crippen LogP contribution >= 0.6 is 23.1 Å². The molecule has 0 fully saturated rings. The summed E-state index contributed by atoms with van der Waals surface area (Å²) >= 11 is 3.08. The average Bonchev–Trinajstić information content (AvgIpc) is 3.09. The molecule has 0 aliphatic rings. The van der Waals surface area contributed by atoms with Gasteiger partial charge in [-0.05, 0) is 17.5 Å². The molecular formula is C19H19N3OS2. The van der Waals surface area contributed by atoms with Gasteiger partial charge in [0.05, 0.1) is 5.92 Å². The lowest BCUT2D eigenvalue weighted by Gasteiger charge is -2.16. The van der Waals surface area contributed by atoms with Gasteiger partial charge in [0.2, 0.25) is 11.0 Å². The summed E-state index contributed by atoms with van der Waals surface area (Å²) in [4.78, 5) is 13.0. The van der Waals surface area contributed by atoms with Crippen molar-refractivity contribution in [3.63, 3.8) is 0 Å². The second-order valence-corrected chi connectivity index (χ2v) is 7.78. The fraction of sp³-hybridized carbons (Fsp3) is 0.211. The van der Waals surface area contributed by atoms with Crippen LogP contribution in [0.5, 0.6) is 0 Å². The van der Waals surface area contributed by atoms with Crippen molar-refractivity contribution in [2.75, 3.05) is 11.1 Å². The summed E-state index contributed by atoms with van der Waals surface area (Å²) in [6.07, 6.45) is 1.08. The van der Waals surface area contributed by atoms with E-state index in [0.717, 1.165) is 27.6 Å². The molecule has 1 N–H and O–H groups in total. The molecule has 3 rings (SSSR count). The molecule has 2 aromatic carbocycles. The molecule has 3 aromatic rings. The summed E-state index contributed by atoms with van der Waals surface area (Å²) in [6, 6.07) is 19.6. The highest BCUT2D eigenvalue weighted by molar-refractivity contribution is 8.01. The summed E-state index contributed by atoms with van der Waals surface area (Å²) in [5.41, 5.74) is 1.91. The average molecular weight is 370 g/mol. The van der Waals surface area contributed by atoms with Crippen LogP contribution in [0.1, 0.15) is 30.4 Å². The number of carbonyl (C=O) groups excluding carboxylic acids is 1. The van der Waals surface area contributed by atoms with Crippen molar-refractivity contribution in [3.05, 3.63) is 71.8 Å². The number of anilines is 1. The van der Waals surface area contributed by atoms with Gasteiger partial charge in [-0.1, -0.05) is 90.7 Å². The van der Waals surface area contributed by atoms with E-state index in [9.17, 15) is 4.79 Å². The molecule has 1 aromatic heterocycles. The van der Waals surface area contributed by atoms with E-state index in [4.69, 9.17) is 0 Å². The third-order valence-electron chi connectivity index (χ3n) is 3.59. The Kier molecular flexibility index (Phi) is 6.19. The van der Waals surface area contributed by atoms with Gasteiger partial charge in [-0.2, -0.15) is 0 Å². The van der Waals surface area contributed by atoms with Crippen molar-refractivity contribution in [1.82, 2.24) is 10.2 Å². The molecular weight excluding hydrogens is 350 g/mol. The normalized spacial score (nSPS) is 10.8. The van der Waals surface area contributed by atoms with Crippen LogP contribution in [-0.2, 0) is 4.79 Å². The van der Waals surface area contributed by atoms with E-state index < -0.39 is 0 Å². The molecule has 4 nitrogen and oxygen atoms in total. The minimum absolute atomic E-state index is 0.0967. The summed E-state index contributed by atoms with van der Waals surface area (Å²) < 4.78 is 0.883. The van der Waals surface area contributed by atoms with Crippen LogP contribution in [0, 0.1) is 0 Å². The highest BCUT2D eigenvalue weighted by Gasteiger charge is 2.23. The maximum absolute atomic E-state index is 13.0. The maximum atomic E-state index is 13.0. The number of rotatable bonds is 7. The largest absolute Gasteiger partial charge is 0.300 e. The van der Waals surface area contributed by atoms with E-state index in [1.807, 2.05) is 60.7 Å². The Hall–Kier alpha value is -2.18. The number of aromatic nitrogens is 2. The topological polar surface area (TPSA) is 54.9 Å². The fourth-order valence-corrected chi connectivity index (χ4v) is 4.15. The number of hydrogen-bond donors (Lipinski definition) is 1. The monoisotopic (exact) mass is 369 g/mol. The number of carbonyl (C=O) groups is 1. The molecule has 1 heterocycles. The molecule has 0 unspecified atom stereocenters. The third-order valence-corrected chi connectivity index (χ3v) is 5.77. The first-order chi connectivity index (χ1) is 12.3. The summed E-state index contributed by atoms with van der Waals surface area (Å²) in [5.74, 6) is 0.526. The van der Waals surface area contributed by atoms with Crippen molar-refractivity contribution in [2.45, 2.75) is 23.6 Å². The van der Waals surface area contributed by atoms with Crippen molar-refractivity contribution >= 4 is 34.1 Å². The molecule has 0 atom stereocenters. The Morgan fingerprint density at radius 1 is 1.04 bits per heavy atom. The Labute approximate surface area is 155 Å². The van der Waals surface area contributed by atoms with Gasteiger partial charge < -0.3 is 0 Å². The van der Waals surface area contributed by atoms with E-state index in [-0.39, 0.29) is 11.8 Å². The number of thioether (sulfide) groups is 1. The molecule has 128 valence electrons. The van der Waals surface area contributed by atoms with E-state index in [0.29, 0.717) is 5.13 Å². The fourth-order valence-electron chi connectivity index (χ4n) is 2.47. The predicted octanol–water partition coefficient (Wildman–Crippen LogP) is 4.81. The molecule has 0 aliphatic heterocycles. The van der Waals surface area contributed by atoms with Crippen LogP contribution in [0.4, 0.5) is 5.13 Å². The highest BCUT2D eigenvalue weighted by Crippen LogP contribution is 2.29. The zero-order chi connectivity index (χ0) is 17.5. The van der Waals surface area contributed by atoms with E-state index in [1.165, 1.54) is 11.3 Å². The van der Waals surface area contributed by atoms with Gasteiger partial charge in [-0.15, -0.1) is 10.2 Å². The third kappa shape index (κ3) is 4.67. The van der Waals surface area contributed by atoms with Crippen LogP contribution in [0.2, 0.25) is 0 Å². The van der Waals surface area contributed by atoms with Crippen LogP contribution in [-0.4, -0.2) is 21.9 Å². The summed E-state index contributed by atoms with van der Waals surface area (Å²) in [6.45, 7) is 2.13. The zero-order valence-electron chi connectivity index (χ0n) is 13.9. The molecule has 0 saturated heterocycles. The Bertz CT molecular complexity index is 766. The standard InChI is InChI=1S/C19H19N3OS2/c1-2-13-24-19-22-21-18(25-19)20-17(23)16(14-9-5-3-6-10-14)15-11-7-4-8-12-15/h3-12,16H,2,13H2,1H3,(H,20,21,23). The van der Waals surface area contributed by atoms with Gasteiger partial charge in [0.25, 0.3) is 0 Å². The SMILES string of the molecule is CCCSc1nnc(NC(=O)C(c2ccccc2)c2ccccc2)s1. The highest BCUT2D eigenvalue weighted by atomic mass is 32.2. The van der Waals surface area contributed by atoms with Gasteiger partial charge in [0.15, 0.2) is 4.34 Å². The van der Waals surface area contributed by atoms with Gasteiger partial charge in [0, 0.05) is 5.75 Å². The van der Waals surface area contributed by atoms with E-state index in [2.05, 4.69) is 22.4 Å². The van der Waals surface area contributed by atoms with Crippen LogP contribution < -0.4 is 5.32 Å². The number of hydrogen-bond acceptors (Lipinski definition) is 5. The van der Waals surface area contributed by atoms with Crippen LogP contribution in [0.15, 0.2) is 65.0 Å².